The van der Waals surface area contributed by atoms with Gasteiger partial charge in [0.2, 0.25) is 0 Å². The molecule has 1 heterocycles. The van der Waals surface area contributed by atoms with E-state index in [-0.39, 0.29) is 17.9 Å². The molecule has 0 fully saturated rings. The van der Waals surface area contributed by atoms with Crippen LogP contribution < -0.4 is 10.6 Å². The van der Waals surface area contributed by atoms with Crippen LogP contribution in [0.4, 0.5) is 28.9 Å². The van der Waals surface area contributed by atoms with Crippen molar-refractivity contribution >= 4 is 17.3 Å². The van der Waals surface area contributed by atoms with E-state index in [0.717, 1.165) is 6.07 Å². The highest BCUT2D eigenvalue weighted by Crippen LogP contribution is 2.35. The molecule has 8 heteroatoms. The fourth-order valence-electron chi connectivity index (χ4n) is 2.50. The highest BCUT2D eigenvalue weighted by Gasteiger charge is 2.33. The number of benzene rings is 2. The summed E-state index contributed by atoms with van der Waals surface area (Å²) in [6.45, 7) is -0.00779. The van der Waals surface area contributed by atoms with Gasteiger partial charge in [-0.05, 0) is 30.3 Å². The first-order valence-electron chi connectivity index (χ1n) is 8.25. The molecule has 0 saturated carbocycles. The second-order valence-corrected chi connectivity index (χ2v) is 5.87. The Bertz CT molecular complexity index is 972. The van der Waals surface area contributed by atoms with E-state index >= 15 is 0 Å². The summed E-state index contributed by atoms with van der Waals surface area (Å²) in [5, 5.41) is 5.19. The zero-order valence-electron chi connectivity index (χ0n) is 14.4. The Morgan fingerprint density at radius 1 is 0.964 bits per heavy atom. The first kappa shape index (κ1) is 19.3. The van der Waals surface area contributed by atoms with Crippen molar-refractivity contribution in [2.24, 2.45) is 0 Å². The molecule has 144 valence electrons. The Morgan fingerprint density at radius 2 is 1.68 bits per heavy atom. The van der Waals surface area contributed by atoms with E-state index in [4.69, 9.17) is 0 Å². The smallest absolute Gasteiger partial charge is 0.354 e. The van der Waals surface area contributed by atoms with Crippen molar-refractivity contribution in [2.45, 2.75) is 12.7 Å². The zero-order chi connectivity index (χ0) is 20.1. The maximum absolute atomic E-state index is 13.6. The van der Waals surface area contributed by atoms with Gasteiger partial charge >= 0.3 is 6.18 Å². The van der Waals surface area contributed by atoms with Crippen LogP contribution in [0.1, 0.15) is 21.6 Å². The molecule has 4 nitrogen and oxygen atoms in total. The minimum Gasteiger partial charge on any atom is -0.354 e. The normalized spacial score (nSPS) is 11.1. The summed E-state index contributed by atoms with van der Waals surface area (Å²) in [5.74, 6) is -0.955. The number of para-hydroxylation sites is 1. The predicted molar refractivity (Wildman–Crippen MR) is 96.5 cm³/mol. The van der Waals surface area contributed by atoms with Crippen LogP contribution in [0.3, 0.4) is 0 Å². The van der Waals surface area contributed by atoms with Gasteiger partial charge in [0.15, 0.2) is 0 Å². The Labute approximate surface area is 158 Å². The lowest BCUT2D eigenvalue weighted by atomic mass is 10.1. The standard InChI is InChI=1S/C20H15F4N3O/c21-16-7-3-1-5-13(16)11-26-19(28)18-10-9-14(12-25-18)27-17-8-4-2-6-15(17)20(22,23)24/h1-10,12,27H,11H2,(H,26,28). The number of carbonyl (C=O) groups excluding carboxylic acids is 1. The summed E-state index contributed by atoms with van der Waals surface area (Å²) in [5.41, 5.74) is -0.235. The number of carbonyl (C=O) groups is 1. The largest absolute Gasteiger partial charge is 0.418 e. The highest BCUT2D eigenvalue weighted by molar-refractivity contribution is 5.92. The lowest BCUT2D eigenvalue weighted by Crippen LogP contribution is -2.24. The number of hydrogen-bond donors (Lipinski definition) is 2. The number of pyridine rings is 1. The third-order valence-electron chi connectivity index (χ3n) is 3.90. The molecule has 0 bridgehead atoms. The van der Waals surface area contributed by atoms with Crippen LogP contribution in [0.5, 0.6) is 0 Å². The van der Waals surface area contributed by atoms with Crippen LogP contribution in [-0.4, -0.2) is 10.9 Å². The molecule has 1 aromatic heterocycles. The Kier molecular flexibility index (Phi) is 5.58. The van der Waals surface area contributed by atoms with Crippen LogP contribution >= 0.6 is 0 Å². The fourth-order valence-corrected chi connectivity index (χ4v) is 2.50. The molecule has 2 aromatic carbocycles. The van der Waals surface area contributed by atoms with Crippen molar-refractivity contribution in [2.75, 3.05) is 5.32 Å². The summed E-state index contributed by atoms with van der Waals surface area (Å²) in [6.07, 6.45) is -3.24. The lowest BCUT2D eigenvalue weighted by Gasteiger charge is -2.14. The number of alkyl halides is 3. The van der Waals surface area contributed by atoms with Gasteiger partial charge in [-0.25, -0.2) is 9.37 Å². The van der Waals surface area contributed by atoms with E-state index in [9.17, 15) is 22.4 Å². The van der Waals surface area contributed by atoms with Gasteiger partial charge in [0.05, 0.1) is 23.1 Å². The number of halogens is 4. The third kappa shape index (κ3) is 4.64. The molecular formula is C20H15F4N3O. The van der Waals surface area contributed by atoms with Gasteiger partial charge in [0.1, 0.15) is 11.5 Å². The van der Waals surface area contributed by atoms with Gasteiger partial charge in [-0.3, -0.25) is 4.79 Å². The Morgan fingerprint density at radius 3 is 2.36 bits per heavy atom. The Hall–Kier alpha value is -3.42. The monoisotopic (exact) mass is 389 g/mol. The van der Waals surface area contributed by atoms with Crippen molar-refractivity contribution in [3.63, 3.8) is 0 Å². The molecule has 0 spiro atoms. The topological polar surface area (TPSA) is 54.0 Å². The number of nitrogens with one attached hydrogen (secondary N) is 2. The highest BCUT2D eigenvalue weighted by atomic mass is 19.4. The predicted octanol–water partition coefficient (Wildman–Crippen LogP) is 4.91. The molecular weight excluding hydrogens is 374 g/mol. The average Bonchev–Trinajstić information content (AvgIpc) is 2.67. The van der Waals surface area contributed by atoms with Gasteiger partial charge in [-0.15, -0.1) is 0 Å². The van der Waals surface area contributed by atoms with Crippen molar-refractivity contribution in [3.8, 4) is 0 Å². The van der Waals surface area contributed by atoms with Gasteiger partial charge in [0.25, 0.3) is 5.91 Å². The van der Waals surface area contributed by atoms with Crippen LogP contribution in [0.2, 0.25) is 0 Å². The first-order chi connectivity index (χ1) is 13.3. The lowest BCUT2D eigenvalue weighted by molar-refractivity contribution is -0.136. The summed E-state index contributed by atoms with van der Waals surface area (Å²) in [4.78, 5) is 16.1. The number of rotatable bonds is 5. The number of amides is 1. The molecule has 3 aromatic rings. The second-order valence-electron chi connectivity index (χ2n) is 5.87. The molecule has 2 N–H and O–H groups in total. The van der Waals surface area contributed by atoms with Gasteiger partial charge in [-0.2, -0.15) is 13.2 Å². The number of nitrogens with zero attached hydrogens (tertiary/aromatic N) is 1. The maximum atomic E-state index is 13.6. The van der Waals surface area contributed by atoms with Crippen LogP contribution in [0.15, 0.2) is 66.9 Å². The molecule has 28 heavy (non-hydrogen) atoms. The molecule has 3 rings (SSSR count). The fraction of sp³-hybridized carbons (Fsp3) is 0.100. The molecule has 0 atom stereocenters. The van der Waals surface area contributed by atoms with Gasteiger partial charge in [-0.1, -0.05) is 30.3 Å². The molecule has 0 aliphatic rings. The molecule has 0 unspecified atom stereocenters. The summed E-state index contributed by atoms with van der Waals surface area (Å²) in [7, 11) is 0. The summed E-state index contributed by atoms with van der Waals surface area (Å²) in [6, 6.07) is 13.9. The number of anilines is 2. The van der Waals surface area contributed by atoms with Crippen LogP contribution in [-0.2, 0) is 12.7 Å². The maximum Gasteiger partial charge on any atom is 0.418 e. The zero-order valence-corrected chi connectivity index (χ0v) is 14.4. The van der Waals surface area contributed by atoms with Crippen molar-refractivity contribution < 1.29 is 22.4 Å². The van der Waals surface area contributed by atoms with E-state index in [1.165, 1.54) is 42.6 Å². The molecule has 0 radical (unpaired) electrons. The SMILES string of the molecule is O=C(NCc1ccccc1F)c1ccc(Nc2ccccc2C(F)(F)F)cn1. The van der Waals surface area contributed by atoms with Crippen LogP contribution in [0, 0.1) is 5.82 Å². The minimum absolute atomic E-state index is 0.00779. The van der Waals surface area contributed by atoms with Gasteiger partial charge in [0, 0.05) is 12.1 Å². The first-order valence-corrected chi connectivity index (χ1v) is 8.25. The summed E-state index contributed by atoms with van der Waals surface area (Å²) >= 11 is 0. The van der Waals surface area contributed by atoms with E-state index < -0.39 is 23.5 Å². The average molecular weight is 389 g/mol. The van der Waals surface area contributed by atoms with E-state index in [1.807, 2.05) is 0 Å². The third-order valence-corrected chi connectivity index (χ3v) is 3.90. The molecule has 0 saturated heterocycles. The molecule has 0 aliphatic carbocycles. The van der Waals surface area contributed by atoms with Gasteiger partial charge < -0.3 is 10.6 Å². The molecule has 0 aliphatic heterocycles. The van der Waals surface area contributed by atoms with Crippen LogP contribution in [0.25, 0.3) is 0 Å². The van der Waals surface area contributed by atoms with Crippen molar-refractivity contribution in [1.82, 2.24) is 10.3 Å². The number of aromatic nitrogens is 1. The van der Waals surface area contributed by atoms with Crippen molar-refractivity contribution in [1.29, 1.82) is 0 Å². The second kappa shape index (κ2) is 8.08. The Balaban J connectivity index is 1.67. The van der Waals surface area contributed by atoms with E-state index in [1.54, 1.807) is 18.2 Å². The van der Waals surface area contributed by atoms with Crippen molar-refractivity contribution in [3.05, 3.63) is 89.5 Å². The summed E-state index contributed by atoms with van der Waals surface area (Å²) < 4.78 is 52.7. The quantitative estimate of drug-likeness (QED) is 0.610. The minimum atomic E-state index is -4.50. The number of hydrogen-bond acceptors (Lipinski definition) is 3. The molecule has 1 amide bonds. The van der Waals surface area contributed by atoms with E-state index in [0.29, 0.717) is 11.3 Å². The van der Waals surface area contributed by atoms with E-state index in [2.05, 4.69) is 15.6 Å².